The maximum atomic E-state index is 10.9. The molecule has 15 heavy (non-hydrogen) atoms. The van der Waals surface area contributed by atoms with Crippen molar-refractivity contribution in [2.24, 2.45) is 0 Å². The highest BCUT2D eigenvalue weighted by molar-refractivity contribution is 7.88. The van der Waals surface area contributed by atoms with Crippen molar-refractivity contribution in [1.29, 1.82) is 0 Å². The van der Waals surface area contributed by atoms with E-state index in [-0.39, 0.29) is 6.54 Å². The minimum absolute atomic E-state index is 0.182. The smallest absolute Gasteiger partial charge is 0.209 e. The third-order valence-electron chi connectivity index (χ3n) is 1.79. The van der Waals surface area contributed by atoms with E-state index in [1.807, 2.05) is 0 Å². The summed E-state index contributed by atoms with van der Waals surface area (Å²) in [6.45, 7) is 0.182. The summed E-state index contributed by atoms with van der Waals surface area (Å²) in [6.07, 6.45) is 1.10. The van der Waals surface area contributed by atoms with E-state index in [2.05, 4.69) is 4.72 Å². The molecule has 0 atom stereocenters. The number of benzene rings is 1. The minimum atomic E-state index is -3.19. The molecule has 0 radical (unpaired) electrons. The standard InChI is InChI=1S/C9H12ClNO3S/c1-14-8-4-3-7(9(10)5-8)6-11-15(2,12)13/h3-5,11H,6H2,1-2H3. The van der Waals surface area contributed by atoms with Gasteiger partial charge in [0.25, 0.3) is 0 Å². The topological polar surface area (TPSA) is 55.4 Å². The number of halogens is 1. The number of nitrogens with one attached hydrogen (secondary N) is 1. The van der Waals surface area contributed by atoms with E-state index in [0.717, 1.165) is 6.26 Å². The summed E-state index contributed by atoms with van der Waals surface area (Å²) in [5.74, 6) is 0.642. The SMILES string of the molecule is COc1ccc(CNS(C)(=O)=O)c(Cl)c1. The molecule has 6 heteroatoms. The van der Waals surface area contributed by atoms with Crippen LogP contribution in [0.5, 0.6) is 5.75 Å². The van der Waals surface area contributed by atoms with Gasteiger partial charge in [-0.25, -0.2) is 13.1 Å². The average Bonchev–Trinajstić information content (AvgIpc) is 2.14. The van der Waals surface area contributed by atoms with Crippen LogP contribution in [0.25, 0.3) is 0 Å². The highest BCUT2D eigenvalue weighted by atomic mass is 35.5. The number of hydrogen-bond acceptors (Lipinski definition) is 3. The number of methoxy groups -OCH3 is 1. The van der Waals surface area contributed by atoms with E-state index < -0.39 is 10.0 Å². The molecular weight excluding hydrogens is 238 g/mol. The second-order valence-corrected chi connectivity index (χ2v) is 5.29. The van der Waals surface area contributed by atoms with Gasteiger partial charge in [0, 0.05) is 11.6 Å². The number of rotatable bonds is 4. The van der Waals surface area contributed by atoms with Gasteiger partial charge in [0.1, 0.15) is 5.75 Å². The van der Waals surface area contributed by atoms with Gasteiger partial charge in [-0.3, -0.25) is 0 Å². The first kappa shape index (κ1) is 12.3. The molecule has 1 N–H and O–H groups in total. The molecule has 0 fully saturated rings. The van der Waals surface area contributed by atoms with Crippen molar-refractivity contribution in [3.05, 3.63) is 28.8 Å². The van der Waals surface area contributed by atoms with Crippen molar-refractivity contribution < 1.29 is 13.2 Å². The Balaban J connectivity index is 2.79. The van der Waals surface area contributed by atoms with E-state index in [1.54, 1.807) is 25.3 Å². The third-order valence-corrected chi connectivity index (χ3v) is 2.81. The highest BCUT2D eigenvalue weighted by Gasteiger charge is 2.05. The fourth-order valence-electron chi connectivity index (χ4n) is 1.01. The van der Waals surface area contributed by atoms with Crippen LogP contribution in [0.1, 0.15) is 5.56 Å². The molecule has 0 unspecified atom stereocenters. The lowest BCUT2D eigenvalue weighted by atomic mass is 10.2. The van der Waals surface area contributed by atoms with Gasteiger partial charge in [0.15, 0.2) is 0 Å². The monoisotopic (exact) mass is 249 g/mol. The molecule has 0 aliphatic rings. The Morgan fingerprint density at radius 1 is 1.47 bits per heavy atom. The van der Waals surface area contributed by atoms with E-state index in [4.69, 9.17) is 16.3 Å². The van der Waals surface area contributed by atoms with Gasteiger partial charge < -0.3 is 4.74 Å². The summed E-state index contributed by atoms with van der Waals surface area (Å²) in [5, 5.41) is 0.477. The highest BCUT2D eigenvalue weighted by Crippen LogP contribution is 2.22. The summed E-state index contributed by atoms with van der Waals surface area (Å²) in [7, 11) is -1.65. The Bertz CT molecular complexity index is 445. The Kier molecular flexibility index (Phi) is 3.96. The molecule has 84 valence electrons. The summed E-state index contributed by atoms with van der Waals surface area (Å²) in [5.41, 5.74) is 0.711. The molecule has 0 saturated carbocycles. The third kappa shape index (κ3) is 4.07. The van der Waals surface area contributed by atoms with Gasteiger partial charge >= 0.3 is 0 Å². The molecule has 0 aliphatic carbocycles. The van der Waals surface area contributed by atoms with Crippen LogP contribution < -0.4 is 9.46 Å². The molecule has 0 spiro atoms. The largest absolute Gasteiger partial charge is 0.497 e. The van der Waals surface area contributed by atoms with Crippen LogP contribution >= 0.6 is 11.6 Å². The molecule has 4 nitrogen and oxygen atoms in total. The average molecular weight is 250 g/mol. The molecule has 0 saturated heterocycles. The molecule has 0 heterocycles. The second kappa shape index (κ2) is 4.83. The minimum Gasteiger partial charge on any atom is -0.497 e. The fourth-order valence-corrected chi connectivity index (χ4v) is 1.66. The molecule has 1 aromatic rings. The van der Waals surface area contributed by atoms with Crippen molar-refractivity contribution in [3.63, 3.8) is 0 Å². The van der Waals surface area contributed by atoms with Crippen LogP contribution in [0.4, 0.5) is 0 Å². The van der Waals surface area contributed by atoms with Crippen LogP contribution in [0, 0.1) is 0 Å². The molecule has 0 aromatic heterocycles. The van der Waals surface area contributed by atoms with Gasteiger partial charge in [-0.05, 0) is 17.7 Å². The summed E-state index contributed by atoms with van der Waals surface area (Å²) >= 11 is 5.92. The van der Waals surface area contributed by atoms with Gasteiger partial charge in [-0.2, -0.15) is 0 Å². The van der Waals surface area contributed by atoms with Gasteiger partial charge in [0.05, 0.1) is 13.4 Å². The zero-order valence-corrected chi connectivity index (χ0v) is 10.0. The molecule has 1 rings (SSSR count). The van der Waals surface area contributed by atoms with Crippen LogP contribution in [0.15, 0.2) is 18.2 Å². The second-order valence-electron chi connectivity index (χ2n) is 3.05. The predicted octanol–water partition coefficient (Wildman–Crippen LogP) is 1.40. The Labute approximate surface area is 94.3 Å². The first-order valence-electron chi connectivity index (χ1n) is 4.19. The van der Waals surface area contributed by atoms with E-state index in [1.165, 1.54) is 0 Å². The lowest BCUT2D eigenvalue weighted by molar-refractivity contribution is 0.414. The van der Waals surface area contributed by atoms with Gasteiger partial charge in [-0.15, -0.1) is 0 Å². The fraction of sp³-hybridized carbons (Fsp3) is 0.333. The van der Waals surface area contributed by atoms with Crippen molar-refractivity contribution in [2.45, 2.75) is 6.54 Å². The summed E-state index contributed by atoms with van der Waals surface area (Å²) < 4.78 is 29.1. The summed E-state index contributed by atoms with van der Waals surface area (Å²) in [6, 6.07) is 5.09. The quantitative estimate of drug-likeness (QED) is 0.878. The lowest BCUT2D eigenvalue weighted by Crippen LogP contribution is -2.21. The van der Waals surface area contributed by atoms with Gasteiger partial charge in [-0.1, -0.05) is 17.7 Å². The first-order chi connectivity index (χ1) is 6.92. The maximum Gasteiger partial charge on any atom is 0.209 e. The van der Waals surface area contributed by atoms with Crippen LogP contribution in [-0.2, 0) is 16.6 Å². The van der Waals surface area contributed by atoms with Crippen LogP contribution in [0.2, 0.25) is 5.02 Å². The molecule has 0 amide bonds. The normalized spacial score (nSPS) is 11.4. The molecular formula is C9H12ClNO3S. The number of hydrogen-bond donors (Lipinski definition) is 1. The Hall–Kier alpha value is -0.780. The molecule has 0 aliphatic heterocycles. The lowest BCUT2D eigenvalue weighted by Gasteiger charge is -2.06. The van der Waals surface area contributed by atoms with Crippen LogP contribution in [-0.4, -0.2) is 21.8 Å². The van der Waals surface area contributed by atoms with Gasteiger partial charge in [0.2, 0.25) is 10.0 Å². The van der Waals surface area contributed by atoms with Crippen LogP contribution in [0.3, 0.4) is 0 Å². The maximum absolute atomic E-state index is 10.9. The van der Waals surface area contributed by atoms with Crippen molar-refractivity contribution in [3.8, 4) is 5.75 Å². The predicted molar refractivity (Wildman–Crippen MR) is 59.7 cm³/mol. The first-order valence-corrected chi connectivity index (χ1v) is 6.46. The van der Waals surface area contributed by atoms with Crippen molar-refractivity contribution in [1.82, 2.24) is 4.72 Å². The number of sulfonamides is 1. The molecule has 1 aromatic carbocycles. The zero-order chi connectivity index (χ0) is 11.5. The Morgan fingerprint density at radius 2 is 2.13 bits per heavy atom. The zero-order valence-electron chi connectivity index (χ0n) is 8.45. The summed E-state index contributed by atoms with van der Waals surface area (Å²) in [4.78, 5) is 0. The Morgan fingerprint density at radius 3 is 2.60 bits per heavy atom. The van der Waals surface area contributed by atoms with E-state index >= 15 is 0 Å². The van der Waals surface area contributed by atoms with E-state index in [9.17, 15) is 8.42 Å². The molecule has 0 bridgehead atoms. The van der Waals surface area contributed by atoms with Crippen molar-refractivity contribution >= 4 is 21.6 Å². The van der Waals surface area contributed by atoms with E-state index in [0.29, 0.717) is 16.3 Å². The number of ether oxygens (including phenoxy) is 1. The van der Waals surface area contributed by atoms with Crippen molar-refractivity contribution in [2.75, 3.05) is 13.4 Å².